The molecule has 0 aliphatic heterocycles. The molecule has 2 aromatic carbocycles. The quantitative estimate of drug-likeness (QED) is 0.728. The van der Waals surface area contributed by atoms with Gasteiger partial charge in [0.2, 0.25) is 5.75 Å². The molecule has 0 radical (unpaired) electrons. The van der Waals surface area contributed by atoms with Crippen LogP contribution in [0.3, 0.4) is 0 Å². The van der Waals surface area contributed by atoms with E-state index in [2.05, 4.69) is 10.3 Å². The van der Waals surface area contributed by atoms with Gasteiger partial charge in [0.25, 0.3) is 5.91 Å². The molecule has 0 saturated carbocycles. The summed E-state index contributed by atoms with van der Waals surface area (Å²) in [5, 5.41) is 2.70. The van der Waals surface area contributed by atoms with E-state index >= 15 is 0 Å². The van der Waals surface area contributed by atoms with E-state index in [4.69, 9.17) is 14.2 Å². The Morgan fingerprint density at radius 1 is 1.04 bits per heavy atom. The van der Waals surface area contributed by atoms with E-state index in [9.17, 15) is 13.6 Å². The van der Waals surface area contributed by atoms with E-state index in [1.54, 1.807) is 0 Å². The van der Waals surface area contributed by atoms with Crippen molar-refractivity contribution in [3.8, 4) is 17.2 Å². The van der Waals surface area contributed by atoms with Crippen LogP contribution in [0, 0.1) is 11.6 Å². The third-order valence-electron chi connectivity index (χ3n) is 3.56. The molecular formula is C17H14F2N2O4S. The number of nitrogens with one attached hydrogen (secondary N) is 1. The standard InChI is InChI=1S/C17H14F2N2O4S/c1-23-11-4-8(5-12(24-2)15(11)25-3)16(22)21-17-20-14-10(19)6-9(18)7-13(14)26-17/h4-7H,1-3H3,(H,20,21,22). The zero-order chi connectivity index (χ0) is 18.8. The summed E-state index contributed by atoms with van der Waals surface area (Å²) in [5.41, 5.74) is 0.224. The molecule has 0 aliphatic carbocycles. The van der Waals surface area contributed by atoms with Gasteiger partial charge < -0.3 is 14.2 Å². The van der Waals surface area contributed by atoms with Crippen LogP contribution in [-0.4, -0.2) is 32.2 Å². The second-order valence-electron chi connectivity index (χ2n) is 5.12. The fourth-order valence-corrected chi connectivity index (χ4v) is 3.29. The van der Waals surface area contributed by atoms with Crippen molar-refractivity contribution in [2.75, 3.05) is 26.6 Å². The fraction of sp³-hybridized carbons (Fsp3) is 0.176. The number of nitrogens with zero attached hydrogens (tertiary/aromatic N) is 1. The number of methoxy groups -OCH3 is 3. The Morgan fingerprint density at radius 3 is 2.27 bits per heavy atom. The van der Waals surface area contributed by atoms with Crippen LogP contribution < -0.4 is 19.5 Å². The molecule has 1 N–H and O–H groups in total. The van der Waals surface area contributed by atoms with Crippen molar-refractivity contribution in [1.82, 2.24) is 4.98 Å². The molecule has 0 unspecified atom stereocenters. The first-order valence-corrected chi connectivity index (χ1v) is 8.15. The normalized spacial score (nSPS) is 10.7. The highest BCUT2D eigenvalue weighted by molar-refractivity contribution is 7.22. The van der Waals surface area contributed by atoms with Gasteiger partial charge in [-0.15, -0.1) is 0 Å². The zero-order valence-electron chi connectivity index (χ0n) is 14.1. The lowest BCUT2D eigenvalue weighted by Gasteiger charge is -2.13. The molecule has 1 aromatic heterocycles. The number of amides is 1. The van der Waals surface area contributed by atoms with Gasteiger partial charge in [0.15, 0.2) is 22.4 Å². The van der Waals surface area contributed by atoms with Crippen molar-refractivity contribution in [2.24, 2.45) is 0 Å². The fourth-order valence-electron chi connectivity index (χ4n) is 2.39. The van der Waals surface area contributed by atoms with E-state index in [-0.39, 0.29) is 16.2 Å². The van der Waals surface area contributed by atoms with Crippen molar-refractivity contribution >= 4 is 32.6 Å². The van der Waals surface area contributed by atoms with E-state index in [0.29, 0.717) is 21.9 Å². The second-order valence-corrected chi connectivity index (χ2v) is 6.15. The molecule has 1 heterocycles. The molecule has 0 spiro atoms. The molecule has 0 fully saturated rings. The molecule has 0 saturated heterocycles. The van der Waals surface area contributed by atoms with Crippen LogP contribution in [0.5, 0.6) is 17.2 Å². The molecule has 3 rings (SSSR count). The van der Waals surface area contributed by atoms with Gasteiger partial charge in [0.05, 0.1) is 26.0 Å². The summed E-state index contributed by atoms with van der Waals surface area (Å²) in [6, 6.07) is 4.85. The number of carbonyl (C=O) groups excluding carboxylic acids is 1. The number of ether oxygens (including phenoxy) is 3. The minimum absolute atomic E-state index is 0.00316. The number of carbonyl (C=O) groups is 1. The first kappa shape index (κ1) is 17.9. The summed E-state index contributed by atoms with van der Waals surface area (Å²) in [5.74, 6) is -1.03. The molecule has 0 bridgehead atoms. The molecule has 9 heteroatoms. The van der Waals surface area contributed by atoms with Crippen molar-refractivity contribution in [3.05, 3.63) is 41.5 Å². The number of anilines is 1. The van der Waals surface area contributed by atoms with Gasteiger partial charge >= 0.3 is 0 Å². The third kappa shape index (κ3) is 3.25. The maximum atomic E-state index is 13.7. The van der Waals surface area contributed by atoms with E-state index in [1.807, 2.05) is 0 Å². The van der Waals surface area contributed by atoms with Crippen LogP contribution in [0.1, 0.15) is 10.4 Å². The summed E-state index contributed by atoms with van der Waals surface area (Å²) in [7, 11) is 4.32. The van der Waals surface area contributed by atoms with Gasteiger partial charge in [-0.1, -0.05) is 11.3 Å². The maximum Gasteiger partial charge on any atom is 0.257 e. The van der Waals surface area contributed by atoms with Crippen LogP contribution in [0.25, 0.3) is 10.2 Å². The SMILES string of the molecule is COc1cc(C(=O)Nc2nc3c(F)cc(F)cc3s2)cc(OC)c1OC. The first-order chi connectivity index (χ1) is 12.5. The van der Waals surface area contributed by atoms with Gasteiger partial charge in [-0.25, -0.2) is 13.8 Å². The van der Waals surface area contributed by atoms with Crippen LogP contribution in [0.15, 0.2) is 24.3 Å². The van der Waals surface area contributed by atoms with Crippen molar-refractivity contribution in [3.63, 3.8) is 0 Å². The number of hydrogen-bond donors (Lipinski definition) is 1. The van der Waals surface area contributed by atoms with Gasteiger partial charge in [-0.2, -0.15) is 0 Å². The monoisotopic (exact) mass is 380 g/mol. The Hall–Kier alpha value is -2.94. The lowest BCUT2D eigenvalue weighted by molar-refractivity contribution is 0.102. The molecule has 3 aromatic rings. The van der Waals surface area contributed by atoms with Crippen LogP contribution in [0.4, 0.5) is 13.9 Å². The minimum Gasteiger partial charge on any atom is -0.493 e. The summed E-state index contributed by atoms with van der Waals surface area (Å²) in [6.07, 6.45) is 0. The number of hydrogen-bond acceptors (Lipinski definition) is 6. The van der Waals surface area contributed by atoms with Gasteiger partial charge in [0.1, 0.15) is 11.3 Å². The Labute approximate surface area is 151 Å². The highest BCUT2D eigenvalue weighted by Crippen LogP contribution is 2.38. The number of thiazole rings is 1. The topological polar surface area (TPSA) is 69.7 Å². The van der Waals surface area contributed by atoms with Crippen molar-refractivity contribution in [1.29, 1.82) is 0 Å². The average Bonchev–Trinajstić information content (AvgIpc) is 3.02. The molecular weight excluding hydrogens is 366 g/mol. The predicted octanol–water partition coefficient (Wildman–Crippen LogP) is 3.85. The summed E-state index contributed by atoms with van der Waals surface area (Å²) >= 11 is 0.966. The molecule has 136 valence electrons. The average molecular weight is 380 g/mol. The van der Waals surface area contributed by atoms with E-state index in [1.165, 1.54) is 33.5 Å². The third-order valence-corrected chi connectivity index (χ3v) is 4.48. The molecule has 1 amide bonds. The molecule has 0 atom stereocenters. The van der Waals surface area contributed by atoms with Crippen LogP contribution >= 0.6 is 11.3 Å². The van der Waals surface area contributed by atoms with E-state index < -0.39 is 17.5 Å². The number of fused-ring (bicyclic) bond motifs is 1. The highest BCUT2D eigenvalue weighted by atomic mass is 32.1. The summed E-state index contributed by atoms with van der Waals surface area (Å²) in [6.45, 7) is 0. The van der Waals surface area contributed by atoms with Crippen LogP contribution in [-0.2, 0) is 0 Å². The summed E-state index contributed by atoms with van der Waals surface area (Å²) < 4.78 is 42.9. The second kappa shape index (κ2) is 7.12. The van der Waals surface area contributed by atoms with Crippen molar-refractivity contribution < 1.29 is 27.8 Å². The molecule has 26 heavy (non-hydrogen) atoms. The Kier molecular flexibility index (Phi) is 4.90. The maximum absolute atomic E-state index is 13.7. The number of benzene rings is 2. The number of aromatic nitrogens is 1. The number of rotatable bonds is 5. The van der Waals surface area contributed by atoms with Gasteiger partial charge in [0, 0.05) is 11.6 Å². The Morgan fingerprint density at radius 2 is 1.69 bits per heavy atom. The lowest BCUT2D eigenvalue weighted by Crippen LogP contribution is -2.12. The molecule has 0 aliphatic rings. The minimum atomic E-state index is -0.787. The highest BCUT2D eigenvalue weighted by Gasteiger charge is 2.18. The smallest absolute Gasteiger partial charge is 0.257 e. The lowest BCUT2D eigenvalue weighted by atomic mass is 10.1. The summed E-state index contributed by atoms with van der Waals surface area (Å²) in [4.78, 5) is 16.5. The predicted molar refractivity (Wildman–Crippen MR) is 93.6 cm³/mol. The van der Waals surface area contributed by atoms with Gasteiger partial charge in [-0.05, 0) is 18.2 Å². The van der Waals surface area contributed by atoms with Crippen molar-refractivity contribution in [2.45, 2.75) is 0 Å². The van der Waals surface area contributed by atoms with Crippen LogP contribution in [0.2, 0.25) is 0 Å². The van der Waals surface area contributed by atoms with Gasteiger partial charge in [-0.3, -0.25) is 10.1 Å². The Bertz CT molecular complexity index is 965. The largest absolute Gasteiger partial charge is 0.493 e. The number of halogens is 2. The Balaban J connectivity index is 1.94. The van der Waals surface area contributed by atoms with E-state index in [0.717, 1.165) is 23.5 Å². The molecule has 6 nitrogen and oxygen atoms in total. The zero-order valence-corrected chi connectivity index (χ0v) is 14.9. The first-order valence-electron chi connectivity index (χ1n) is 7.33.